The first-order valence-electron chi connectivity index (χ1n) is 3.89. The third-order valence-electron chi connectivity index (χ3n) is 1.88. The second-order valence-corrected chi connectivity index (χ2v) is 3.50. The fourth-order valence-corrected chi connectivity index (χ4v) is 1.95. The molecule has 0 aliphatic carbocycles. The quantitative estimate of drug-likeness (QED) is 0.821. The average Bonchev–Trinajstić information content (AvgIpc) is 2.59. The second-order valence-electron chi connectivity index (χ2n) is 2.70. The van der Waals surface area contributed by atoms with Crippen LogP contribution in [0.25, 0.3) is 10.1 Å². The van der Waals surface area contributed by atoms with Gasteiger partial charge in [-0.25, -0.2) is 4.79 Å². The number of ether oxygens (including phenoxy) is 1. The van der Waals surface area contributed by atoms with Crippen LogP contribution in [0.1, 0.15) is 10.5 Å². The highest BCUT2D eigenvalue weighted by molar-refractivity contribution is 7.13. The van der Waals surface area contributed by atoms with E-state index < -0.39 is 5.97 Å². The van der Waals surface area contributed by atoms with E-state index in [9.17, 15) is 4.79 Å². The van der Waals surface area contributed by atoms with Gasteiger partial charge in [0.1, 0.15) is 5.75 Å². The van der Waals surface area contributed by atoms with Crippen molar-refractivity contribution in [2.75, 3.05) is 7.11 Å². The van der Waals surface area contributed by atoms with Crippen molar-refractivity contribution in [3.63, 3.8) is 0 Å². The van der Waals surface area contributed by atoms with Gasteiger partial charge in [-0.2, -0.15) is 4.37 Å². The van der Waals surface area contributed by atoms with Crippen molar-refractivity contribution in [2.45, 2.75) is 0 Å². The highest BCUT2D eigenvalue weighted by Gasteiger charge is 2.13. The highest BCUT2D eigenvalue weighted by atomic mass is 32.1. The zero-order valence-electron chi connectivity index (χ0n) is 7.35. The summed E-state index contributed by atoms with van der Waals surface area (Å²) >= 11 is 1.18. The van der Waals surface area contributed by atoms with Crippen LogP contribution in [0, 0.1) is 0 Å². The Hall–Kier alpha value is -1.62. The third kappa shape index (κ3) is 1.31. The molecule has 5 heteroatoms. The van der Waals surface area contributed by atoms with E-state index in [1.54, 1.807) is 25.3 Å². The van der Waals surface area contributed by atoms with E-state index in [0.717, 1.165) is 4.70 Å². The van der Waals surface area contributed by atoms with Crippen molar-refractivity contribution < 1.29 is 14.6 Å². The van der Waals surface area contributed by atoms with Gasteiger partial charge >= 0.3 is 5.97 Å². The van der Waals surface area contributed by atoms with E-state index in [2.05, 4.69) is 4.37 Å². The number of nitrogens with zero attached hydrogens (tertiary/aromatic N) is 1. The Labute approximate surface area is 83.9 Å². The van der Waals surface area contributed by atoms with Crippen molar-refractivity contribution in [3.05, 3.63) is 23.9 Å². The molecule has 0 unspecified atom stereocenters. The van der Waals surface area contributed by atoms with Gasteiger partial charge in [-0.3, -0.25) is 0 Å². The lowest BCUT2D eigenvalue weighted by Gasteiger charge is -1.98. The minimum atomic E-state index is -1.01. The molecule has 2 aromatic rings. The summed E-state index contributed by atoms with van der Waals surface area (Å²) in [7, 11) is 1.54. The fraction of sp³-hybridized carbons (Fsp3) is 0.111. The summed E-state index contributed by atoms with van der Waals surface area (Å²) in [6, 6.07) is 5.27. The molecule has 0 atom stereocenters. The lowest BCUT2D eigenvalue weighted by molar-refractivity contribution is 0.0694. The number of carboxylic acids is 1. The van der Waals surface area contributed by atoms with Crippen LogP contribution in [0.5, 0.6) is 5.75 Å². The summed E-state index contributed by atoms with van der Waals surface area (Å²) < 4.78 is 9.72. The van der Waals surface area contributed by atoms with E-state index in [-0.39, 0.29) is 5.69 Å². The summed E-state index contributed by atoms with van der Waals surface area (Å²) in [6.45, 7) is 0. The van der Waals surface area contributed by atoms with Crippen molar-refractivity contribution >= 4 is 27.6 Å². The maximum atomic E-state index is 10.8. The smallest absolute Gasteiger partial charge is 0.356 e. The van der Waals surface area contributed by atoms with Crippen molar-refractivity contribution in [1.82, 2.24) is 4.37 Å². The largest absolute Gasteiger partial charge is 0.497 e. The molecule has 0 spiro atoms. The first kappa shape index (κ1) is 8.96. The average molecular weight is 209 g/mol. The van der Waals surface area contributed by atoms with E-state index in [1.165, 1.54) is 11.5 Å². The molecule has 1 aromatic heterocycles. The Morgan fingerprint density at radius 2 is 2.36 bits per heavy atom. The molecular weight excluding hydrogens is 202 g/mol. The minimum Gasteiger partial charge on any atom is -0.497 e. The summed E-state index contributed by atoms with van der Waals surface area (Å²) in [5, 5.41) is 9.47. The molecule has 0 amide bonds. The van der Waals surface area contributed by atoms with E-state index in [1.807, 2.05) is 0 Å². The van der Waals surface area contributed by atoms with Gasteiger partial charge < -0.3 is 9.84 Å². The van der Waals surface area contributed by atoms with Crippen LogP contribution in [-0.2, 0) is 0 Å². The maximum Gasteiger partial charge on any atom is 0.356 e. The predicted molar refractivity (Wildman–Crippen MR) is 53.1 cm³/mol. The van der Waals surface area contributed by atoms with E-state index >= 15 is 0 Å². The van der Waals surface area contributed by atoms with Crippen LogP contribution in [0.2, 0.25) is 0 Å². The molecular formula is C9H7NO3S. The number of hydrogen-bond acceptors (Lipinski definition) is 4. The third-order valence-corrected chi connectivity index (χ3v) is 2.71. The van der Waals surface area contributed by atoms with Gasteiger partial charge in [0.2, 0.25) is 0 Å². The summed E-state index contributed by atoms with van der Waals surface area (Å²) in [5.74, 6) is -0.371. The van der Waals surface area contributed by atoms with Gasteiger partial charge in [0.05, 0.1) is 11.8 Å². The Morgan fingerprint density at radius 1 is 1.57 bits per heavy atom. The van der Waals surface area contributed by atoms with Crippen LogP contribution in [0.15, 0.2) is 18.2 Å². The Morgan fingerprint density at radius 3 is 3.00 bits per heavy atom. The van der Waals surface area contributed by atoms with E-state index in [0.29, 0.717) is 11.1 Å². The van der Waals surface area contributed by atoms with Crippen LogP contribution in [0.4, 0.5) is 0 Å². The molecule has 1 heterocycles. The van der Waals surface area contributed by atoms with Crippen molar-refractivity contribution in [2.24, 2.45) is 0 Å². The number of fused-ring (bicyclic) bond motifs is 1. The first-order valence-corrected chi connectivity index (χ1v) is 4.66. The van der Waals surface area contributed by atoms with Crippen LogP contribution >= 0.6 is 11.5 Å². The molecule has 1 N–H and O–H groups in total. The number of aromatic carboxylic acids is 1. The molecule has 2 rings (SSSR count). The monoisotopic (exact) mass is 209 g/mol. The van der Waals surface area contributed by atoms with Crippen molar-refractivity contribution in [1.29, 1.82) is 0 Å². The number of benzene rings is 1. The molecule has 0 saturated carbocycles. The minimum absolute atomic E-state index is 0.0869. The van der Waals surface area contributed by atoms with Crippen LogP contribution in [0.3, 0.4) is 0 Å². The first-order chi connectivity index (χ1) is 6.72. The van der Waals surface area contributed by atoms with Crippen LogP contribution < -0.4 is 4.74 Å². The van der Waals surface area contributed by atoms with Crippen LogP contribution in [-0.4, -0.2) is 22.6 Å². The molecule has 0 bridgehead atoms. The molecule has 0 radical (unpaired) electrons. The Bertz CT molecular complexity index is 492. The zero-order chi connectivity index (χ0) is 10.1. The van der Waals surface area contributed by atoms with Gasteiger partial charge in [-0.15, -0.1) is 0 Å². The van der Waals surface area contributed by atoms with E-state index in [4.69, 9.17) is 9.84 Å². The number of rotatable bonds is 2. The van der Waals surface area contributed by atoms with Gasteiger partial charge in [0.25, 0.3) is 0 Å². The lowest BCUT2D eigenvalue weighted by atomic mass is 10.2. The van der Waals surface area contributed by atoms with Gasteiger partial charge in [0, 0.05) is 5.39 Å². The normalized spacial score (nSPS) is 10.4. The van der Waals surface area contributed by atoms with Crippen molar-refractivity contribution in [3.8, 4) is 5.75 Å². The van der Waals surface area contributed by atoms with Gasteiger partial charge in [0.15, 0.2) is 5.69 Å². The number of methoxy groups -OCH3 is 1. The van der Waals surface area contributed by atoms with Gasteiger partial charge in [-0.1, -0.05) is 0 Å². The van der Waals surface area contributed by atoms with Gasteiger partial charge in [-0.05, 0) is 29.7 Å². The SMILES string of the molecule is COc1ccc2snc(C(=O)O)c2c1. The number of carboxylic acid groups (broad SMARTS) is 1. The highest BCUT2D eigenvalue weighted by Crippen LogP contribution is 2.26. The maximum absolute atomic E-state index is 10.8. The second kappa shape index (κ2) is 3.26. The number of hydrogen-bond donors (Lipinski definition) is 1. The molecule has 0 aliphatic rings. The molecule has 72 valence electrons. The molecule has 1 aromatic carbocycles. The predicted octanol–water partition coefficient (Wildman–Crippen LogP) is 2.00. The Kier molecular flexibility index (Phi) is 2.09. The standard InChI is InChI=1S/C9H7NO3S/c1-13-5-2-3-7-6(4-5)8(9(11)12)10-14-7/h2-4H,1H3,(H,11,12). The fourth-order valence-electron chi connectivity index (χ4n) is 1.20. The molecule has 14 heavy (non-hydrogen) atoms. The molecule has 0 aliphatic heterocycles. The molecule has 4 nitrogen and oxygen atoms in total. The molecule has 0 fully saturated rings. The lowest BCUT2D eigenvalue weighted by Crippen LogP contribution is -1.96. The Balaban J connectivity index is 2.69. The zero-order valence-corrected chi connectivity index (χ0v) is 8.17. The molecule has 0 saturated heterocycles. The number of carbonyl (C=O) groups is 1. The number of aromatic nitrogens is 1. The summed E-state index contributed by atoms with van der Waals surface area (Å²) in [6.07, 6.45) is 0. The summed E-state index contributed by atoms with van der Waals surface area (Å²) in [5.41, 5.74) is 0.0869. The summed E-state index contributed by atoms with van der Waals surface area (Å²) in [4.78, 5) is 10.8. The topological polar surface area (TPSA) is 59.4 Å².